The van der Waals surface area contributed by atoms with E-state index in [1.165, 1.54) is 0 Å². The van der Waals surface area contributed by atoms with Crippen molar-refractivity contribution in [3.8, 4) is 0 Å². The third-order valence-corrected chi connectivity index (χ3v) is 6.57. The molecule has 238 valence electrons. The smallest absolute Gasteiger partial charge is 0.326 e. The number of carbonyl (C=O) groups is 7. The molecule has 1 rings (SSSR count). The molecule has 10 N–H and O–H groups in total. The molecule has 1 aliphatic heterocycles. The first-order valence-electron chi connectivity index (χ1n) is 14.1. The predicted molar refractivity (Wildman–Crippen MR) is 148 cm³/mol. The monoisotopic (exact) mass is 600 g/mol. The Morgan fingerprint density at radius 2 is 1.36 bits per heavy atom. The summed E-state index contributed by atoms with van der Waals surface area (Å²) in [4.78, 5) is 85.9. The normalized spacial score (nSPS) is 17.4. The maximum atomic E-state index is 13.3. The van der Waals surface area contributed by atoms with E-state index in [1.54, 1.807) is 0 Å². The number of hydrogen-bond donors (Lipinski definition) is 9. The fourth-order valence-corrected chi connectivity index (χ4v) is 4.37. The molecular weight excluding hydrogens is 556 g/mol. The van der Waals surface area contributed by atoms with Gasteiger partial charge in [0.25, 0.3) is 0 Å². The molecule has 5 atom stereocenters. The van der Waals surface area contributed by atoms with E-state index in [0.717, 1.165) is 6.42 Å². The lowest BCUT2D eigenvalue weighted by Crippen LogP contribution is -2.58. The Morgan fingerprint density at radius 3 is 1.83 bits per heavy atom. The first-order chi connectivity index (χ1) is 19.7. The molecule has 1 fully saturated rings. The Morgan fingerprint density at radius 1 is 0.786 bits per heavy atom. The van der Waals surface area contributed by atoms with Crippen LogP contribution in [-0.2, 0) is 33.6 Å². The van der Waals surface area contributed by atoms with Crippen molar-refractivity contribution >= 4 is 41.5 Å². The topological polar surface area (TPSA) is 266 Å². The fraction of sp³-hybridized carbons (Fsp3) is 0.731. The molecule has 0 bridgehead atoms. The van der Waals surface area contributed by atoms with Gasteiger partial charge in [0, 0.05) is 6.42 Å². The fourth-order valence-electron chi connectivity index (χ4n) is 4.37. The Bertz CT molecular complexity index is 969. The number of nitrogens with one attached hydrogen (secondary N) is 5. The van der Waals surface area contributed by atoms with Crippen LogP contribution >= 0.6 is 0 Å². The van der Waals surface area contributed by atoms with Crippen LogP contribution in [0.3, 0.4) is 0 Å². The van der Waals surface area contributed by atoms with Crippen molar-refractivity contribution < 1.29 is 48.9 Å². The lowest BCUT2D eigenvalue weighted by Gasteiger charge is -2.27. The highest BCUT2D eigenvalue weighted by atomic mass is 16.4. The molecule has 0 aromatic rings. The van der Waals surface area contributed by atoms with Crippen LogP contribution in [0.5, 0.6) is 0 Å². The number of hydrogen-bond acceptors (Lipinski definition) is 9. The lowest BCUT2D eigenvalue weighted by atomic mass is 10.0. The van der Waals surface area contributed by atoms with Crippen LogP contribution in [0.1, 0.15) is 71.6 Å². The maximum absolute atomic E-state index is 13.3. The quantitative estimate of drug-likeness (QED) is 0.0706. The Kier molecular flexibility index (Phi) is 16.1. The summed E-state index contributed by atoms with van der Waals surface area (Å²) in [6.45, 7) is 4.62. The van der Waals surface area contributed by atoms with Crippen molar-refractivity contribution in [2.45, 2.75) is 102 Å². The second-order valence-electron chi connectivity index (χ2n) is 10.7. The first kappa shape index (κ1) is 36.2. The average molecular weight is 601 g/mol. The lowest BCUT2D eigenvalue weighted by molar-refractivity contribution is -0.147. The standard InChI is InChI=1S/C26H44N6O10/c1-14(2)12-18(31-22(37)15-7-5-11-28-15)25(40)30-17(8-9-20(33)34)24(39)29-16(6-3-4-10-27)23(38)32-19(26(41)42)13-21(35)36/h14-19,28H,3-13,27H2,1-2H3,(H,29,39)(H,30,40)(H,31,37)(H,32,38)(H,33,34)(H,35,36)(H,41,42)/t15-,16-,17-,18-,19-/m0/s1. The number of unbranched alkanes of at least 4 members (excludes halogenated alkanes) is 1. The van der Waals surface area contributed by atoms with Crippen LogP contribution in [0, 0.1) is 5.92 Å². The SMILES string of the molecule is CC(C)C[C@H](NC(=O)[C@@H]1CCCN1)C(=O)N[C@@H](CCC(=O)O)C(=O)N[C@@H](CCCCN)C(=O)N[C@@H](CC(=O)O)C(=O)O. The zero-order valence-electron chi connectivity index (χ0n) is 24.0. The molecule has 0 spiro atoms. The van der Waals surface area contributed by atoms with Gasteiger partial charge in [-0.25, -0.2) is 4.79 Å². The van der Waals surface area contributed by atoms with Gasteiger partial charge in [0.1, 0.15) is 24.2 Å². The van der Waals surface area contributed by atoms with Gasteiger partial charge in [0.05, 0.1) is 12.5 Å². The van der Waals surface area contributed by atoms with Gasteiger partial charge in [0.2, 0.25) is 23.6 Å². The van der Waals surface area contributed by atoms with E-state index in [2.05, 4.69) is 26.6 Å². The Balaban J connectivity index is 3.12. The molecule has 1 saturated heterocycles. The summed E-state index contributed by atoms with van der Waals surface area (Å²) in [5, 5.41) is 40.2. The Hall–Kier alpha value is -3.79. The second kappa shape index (κ2) is 18.6. The number of nitrogens with two attached hydrogens (primary N) is 1. The minimum atomic E-state index is -1.76. The van der Waals surface area contributed by atoms with Crippen molar-refractivity contribution in [3.05, 3.63) is 0 Å². The predicted octanol–water partition coefficient (Wildman–Crippen LogP) is -1.72. The first-order valence-corrected chi connectivity index (χ1v) is 14.1. The van der Waals surface area contributed by atoms with E-state index in [-0.39, 0.29) is 37.6 Å². The van der Waals surface area contributed by atoms with Crippen molar-refractivity contribution in [2.24, 2.45) is 11.7 Å². The molecule has 16 nitrogen and oxygen atoms in total. The van der Waals surface area contributed by atoms with Gasteiger partial charge >= 0.3 is 17.9 Å². The largest absolute Gasteiger partial charge is 0.481 e. The van der Waals surface area contributed by atoms with Gasteiger partial charge in [-0.1, -0.05) is 13.8 Å². The van der Waals surface area contributed by atoms with E-state index in [1.807, 2.05) is 13.8 Å². The van der Waals surface area contributed by atoms with Crippen molar-refractivity contribution in [3.63, 3.8) is 0 Å². The van der Waals surface area contributed by atoms with Crippen molar-refractivity contribution in [1.82, 2.24) is 26.6 Å². The van der Waals surface area contributed by atoms with Gasteiger partial charge in [0.15, 0.2) is 0 Å². The highest BCUT2D eigenvalue weighted by Gasteiger charge is 2.33. The summed E-state index contributed by atoms with van der Waals surface area (Å²) in [6.07, 6.45) is 0.715. The van der Waals surface area contributed by atoms with E-state index in [9.17, 15) is 43.8 Å². The van der Waals surface area contributed by atoms with E-state index in [4.69, 9.17) is 10.8 Å². The number of carboxylic acids is 3. The minimum Gasteiger partial charge on any atom is -0.481 e. The number of carbonyl (C=O) groups excluding carboxylic acids is 4. The van der Waals surface area contributed by atoms with Crippen LogP contribution < -0.4 is 32.3 Å². The number of aliphatic carboxylic acids is 3. The molecule has 4 amide bonds. The van der Waals surface area contributed by atoms with Crippen molar-refractivity contribution in [2.75, 3.05) is 13.1 Å². The van der Waals surface area contributed by atoms with E-state index < -0.39 is 78.7 Å². The van der Waals surface area contributed by atoms with Crippen LogP contribution in [0.15, 0.2) is 0 Å². The number of carboxylic acid groups (broad SMARTS) is 3. The molecule has 1 heterocycles. The summed E-state index contributed by atoms with van der Waals surface area (Å²) in [7, 11) is 0. The third kappa shape index (κ3) is 13.7. The molecular formula is C26H44N6O10. The molecule has 0 aliphatic carbocycles. The third-order valence-electron chi connectivity index (χ3n) is 6.57. The summed E-state index contributed by atoms with van der Waals surface area (Å²) in [5.41, 5.74) is 5.51. The second-order valence-corrected chi connectivity index (χ2v) is 10.7. The van der Waals surface area contributed by atoms with Crippen molar-refractivity contribution in [1.29, 1.82) is 0 Å². The maximum Gasteiger partial charge on any atom is 0.326 e. The number of rotatable bonds is 20. The molecule has 0 aromatic carbocycles. The van der Waals surface area contributed by atoms with Crippen LogP contribution in [-0.4, -0.2) is 100 Å². The summed E-state index contributed by atoms with van der Waals surface area (Å²) in [5.74, 6) is -7.27. The molecule has 1 aliphatic rings. The summed E-state index contributed by atoms with van der Waals surface area (Å²) in [6, 6.07) is -5.98. The van der Waals surface area contributed by atoms with E-state index in [0.29, 0.717) is 25.8 Å². The Labute approximate surface area is 243 Å². The van der Waals surface area contributed by atoms with Gasteiger partial charge in [-0.3, -0.25) is 28.8 Å². The zero-order valence-corrected chi connectivity index (χ0v) is 24.0. The summed E-state index contributed by atoms with van der Waals surface area (Å²) < 4.78 is 0. The molecule has 0 radical (unpaired) electrons. The molecule has 0 saturated carbocycles. The molecule has 0 unspecified atom stereocenters. The number of amides is 4. The van der Waals surface area contributed by atoms with Gasteiger partial charge in [-0.15, -0.1) is 0 Å². The molecule has 0 aromatic heterocycles. The molecule has 16 heteroatoms. The minimum absolute atomic E-state index is 0.00814. The van der Waals surface area contributed by atoms with Gasteiger partial charge in [-0.2, -0.15) is 0 Å². The van der Waals surface area contributed by atoms with Crippen LogP contribution in [0.4, 0.5) is 0 Å². The average Bonchev–Trinajstić information content (AvgIpc) is 3.44. The zero-order chi connectivity index (χ0) is 31.8. The highest BCUT2D eigenvalue weighted by molar-refractivity contribution is 5.96. The molecule has 42 heavy (non-hydrogen) atoms. The van der Waals surface area contributed by atoms with Crippen LogP contribution in [0.2, 0.25) is 0 Å². The van der Waals surface area contributed by atoms with Crippen LogP contribution in [0.25, 0.3) is 0 Å². The van der Waals surface area contributed by atoms with Gasteiger partial charge in [-0.05, 0) is 64.0 Å². The van der Waals surface area contributed by atoms with E-state index >= 15 is 0 Å². The highest BCUT2D eigenvalue weighted by Crippen LogP contribution is 2.11. The summed E-state index contributed by atoms with van der Waals surface area (Å²) >= 11 is 0. The van der Waals surface area contributed by atoms with Gasteiger partial charge < -0.3 is 47.6 Å².